The first-order valence-corrected chi connectivity index (χ1v) is 24.9. The van der Waals surface area contributed by atoms with Gasteiger partial charge in [0, 0.05) is 6.42 Å². The molecule has 0 aliphatic carbocycles. The molecule has 0 aromatic carbocycles. The summed E-state index contributed by atoms with van der Waals surface area (Å²) in [6.45, 7) is 4.30. The van der Waals surface area contributed by atoms with Crippen LogP contribution < -0.4 is 5.32 Å². The number of allylic oxidation sites excluding steroid dienone is 7. The number of aliphatic hydroxyl groups is 2. The van der Waals surface area contributed by atoms with Gasteiger partial charge in [-0.2, -0.15) is 0 Å². The quantitative estimate of drug-likeness (QED) is 0.0425. The summed E-state index contributed by atoms with van der Waals surface area (Å²) in [6, 6.07) is -0.639. The van der Waals surface area contributed by atoms with E-state index in [0.717, 1.165) is 38.5 Å². The summed E-state index contributed by atoms with van der Waals surface area (Å²) in [5.41, 5.74) is 0. The smallest absolute Gasteiger partial charge is 0.220 e. The summed E-state index contributed by atoms with van der Waals surface area (Å²) in [4.78, 5) is 12.4. The molecule has 2 atom stereocenters. The molecule has 0 aromatic rings. The van der Waals surface area contributed by atoms with Gasteiger partial charge in [0.25, 0.3) is 0 Å². The number of carbonyl (C=O) groups excluding carboxylic acids is 1. The van der Waals surface area contributed by atoms with Crippen LogP contribution in [0.4, 0.5) is 0 Å². The molecule has 0 fully saturated rings. The molecule has 0 radical (unpaired) electrons. The van der Waals surface area contributed by atoms with E-state index in [9.17, 15) is 15.0 Å². The van der Waals surface area contributed by atoms with Gasteiger partial charge in [-0.15, -0.1) is 0 Å². The third-order valence-electron chi connectivity index (χ3n) is 11.3. The highest BCUT2D eigenvalue weighted by Gasteiger charge is 2.17. The van der Waals surface area contributed by atoms with Crippen molar-refractivity contribution < 1.29 is 15.0 Å². The van der Waals surface area contributed by atoms with Gasteiger partial charge in [-0.05, 0) is 64.2 Å². The zero-order chi connectivity index (χ0) is 40.7. The summed E-state index contributed by atoms with van der Waals surface area (Å²) in [5, 5.41) is 23.0. The summed E-state index contributed by atoms with van der Waals surface area (Å²) >= 11 is 0. The molecule has 0 saturated carbocycles. The van der Waals surface area contributed by atoms with Gasteiger partial charge < -0.3 is 15.5 Å². The maximum Gasteiger partial charge on any atom is 0.220 e. The Morgan fingerprint density at radius 3 is 1.14 bits per heavy atom. The fraction of sp³-hybridized carbons (Fsp3) is 0.827. The maximum atomic E-state index is 12.4. The Morgan fingerprint density at radius 2 is 0.750 bits per heavy atom. The Labute approximate surface area is 350 Å². The van der Waals surface area contributed by atoms with Crippen LogP contribution in [-0.2, 0) is 4.79 Å². The van der Waals surface area contributed by atoms with E-state index in [1.54, 1.807) is 6.08 Å². The highest BCUT2D eigenvalue weighted by atomic mass is 16.3. The molecular formula is C52H97NO3. The van der Waals surface area contributed by atoms with Gasteiger partial charge in [0.05, 0.1) is 18.8 Å². The van der Waals surface area contributed by atoms with E-state index < -0.39 is 12.1 Å². The standard InChI is InChI=1S/C52H97NO3/c1-3-5-7-9-11-13-15-17-19-21-22-23-24-25-26-27-28-29-30-32-34-36-38-40-42-44-46-48-52(56)53-50(49-54)51(55)47-45-43-41-39-37-35-33-31-20-18-16-14-12-10-8-6-4-2/h15,17,21-22,37,39,45,47,50-51,54-55H,3-14,16,18-20,23-36,38,40-44,46,48-49H2,1-2H3,(H,53,56)/b17-15-,22-21-,39-37+,47-45+. The second-order valence-electron chi connectivity index (χ2n) is 16.9. The van der Waals surface area contributed by atoms with Gasteiger partial charge in [0.2, 0.25) is 5.91 Å². The summed E-state index contributed by atoms with van der Waals surface area (Å²) in [7, 11) is 0. The lowest BCUT2D eigenvalue weighted by Gasteiger charge is -2.19. The third-order valence-corrected chi connectivity index (χ3v) is 11.3. The molecule has 3 N–H and O–H groups in total. The van der Waals surface area contributed by atoms with E-state index >= 15 is 0 Å². The number of hydrogen-bond acceptors (Lipinski definition) is 3. The Kier molecular flexibility index (Phi) is 46.3. The summed E-state index contributed by atoms with van der Waals surface area (Å²) < 4.78 is 0. The van der Waals surface area contributed by atoms with Crippen molar-refractivity contribution in [3.05, 3.63) is 48.6 Å². The normalized spacial score (nSPS) is 13.3. The Morgan fingerprint density at radius 1 is 0.429 bits per heavy atom. The first kappa shape index (κ1) is 54.3. The van der Waals surface area contributed by atoms with Crippen LogP contribution >= 0.6 is 0 Å². The van der Waals surface area contributed by atoms with Gasteiger partial charge >= 0.3 is 0 Å². The highest BCUT2D eigenvalue weighted by molar-refractivity contribution is 5.76. The number of carbonyl (C=O) groups is 1. The van der Waals surface area contributed by atoms with Crippen molar-refractivity contribution in [2.24, 2.45) is 0 Å². The Hall–Kier alpha value is -1.65. The number of rotatable bonds is 45. The predicted molar refractivity (Wildman–Crippen MR) is 248 cm³/mol. The van der Waals surface area contributed by atoms with Gasteiger partial charge in [-0.1, -0.05) is 236 Å². The Balaban J connectivity index is 3.54. The molecule has 56 heavy (non-hydrogen) atoms. The monoisotopic (exact) mass is 784 g/mol. The number of amides is 1. The summed E-state index contributed by atoms with van der Waals surface area (Å²) in [5.74, 6) is -0.0727. The maximum absolute atomic E-state index is 12.4. The molecule has 328 valence electrons. The fourth-order valence-electron chi connectivity index (χ4n) is 7.46. The van der Waals surface area contributed by atoms with Crippen molar-refractivity contribution in [3.63, 3.8) is 0 Å². The van der Waals surface area contributed by atoms with Crippen molar-refractivity contribution in [1.29, 1.82) is 0 Å². The first-order valence-electron chi connectivity index (χ1n) is 24.9. The second kappa shape index (κ2) is 47.7. The first-order chi connectivity index (χ1) is 27.7. The molecule has 0 spiro atoms. The molecule has 0 bridgehead atoms. The van der Waals surface area contributed by atoms with E-state index in [1.807, 2.05) is 6.08 Å². The lowest BCUT2D eigenvalue weighted by molar-refractivity contribution is -0.123. The minimum atomic E-state index is -0.862. The molecule has 0 aromatic heterocycles. The molecule has 4 heteroatoms. The van der Waals surface area contributed by atoms with Crippen molar-refractivity contribution in [3.8, 4) is 0 Å². The SMILES string of the molecule is CCCCCCC/C=C\C/C=C\CCCCCCCCCCCCCCCCCC(=O)NC(CO)C(O)/C=C/CC/C=C/CCCCCCCCCCCCC. The lowest BCUT2D eigenvalue weighted by atomic mass is 10.0. The molecule has 4 nitrogen and oxygen atoms in total. The molecule has 1 amide bonds. The van der Waals surface area contributed by atoms with Gasteiger partial charge in [0.1, 0.15) is 0 Å². The molecule has 0 rings (SSSR count). The molecule has 0 heterocycles. The molecule has 0 aliphatic rings. The fourth-order valence-corrected chi connectivity index (χ4v) is 7.46. The number of aliphatic hydroxyl groups excluding tert-OH is 2. The molecule has 2 unspecified atom stereocenters. The van der Waals surface area contributed by atoms with Crippen molar-refractivity contribution in [2.75, 3.05) is 6.61 Å². The highest BCUT2D eigenvalue weighted by Crippen LogP contribution is 2.15. The number of nitrogens with one attached hydrogen (secondary N) is 1. The van der Waals surface area contributed by atoms with Crippen molar-refractivity contribution in [1.82, 2.24) is 5.32 Å². The van der Waals surface area contributed by atoms with Gasteiger partial charge in [0.15, 0.2) is 0 Å². The minimum absolute atomic E-state index is 0.0727. The van der Waals surface area contributed by atoms with Crippen LogP contribution in [0.1, 0.15) is 258 Å². The Bertz CT molecular complexity index is 893. The van der Waals surface area contributed by atoms with Crippen LogP contribution in [0.15, 0.2) is 48.6 Å². The van der Waals surface area contributed by atoms with Crippen LogP contribution in [0.2, 0.25) is 0 Å². The van der Waals surface area contributed by atoms with Gasteiger partial charge in [-0.25, -0.2) is 0 Å². The average molecular weight is 784 g/mol. The second-order valence-corrected chi connectivity index (χ2v) is 16.9. The van der Waals surface area contributed by atoms with E-state index in [1.165, 1.54) is 199 Å². The molecule has 0 aliphatic heterocycles. The zero-order valence-electron chi connectivity index (χ0n) is 37.7. The van der Waals surface area contributed by atoms with E-state index in [-0.39, 0.29) is 12.5 Å². The zero-order valence-corrected chi connectivity index (χ0v) is 37.7. The average Bonchev–Trinajstić information content (AvgIpc) is 3.20. The van der Waals surface area contributed by atoms with Crippen LogP contribution in [0.3, 0.4) is 0 Å². The van der Waals surface area contributed by atoms with Crippen LogP contribution in [0, 0.1) is 0 Å². The van der Waals surface area contributed by atoms with E-state index in [2.05, 4.69) is 55.6 Å². The van der Waals surface area contributed by atoms with Gasteiger partial charge in [-0.3, -0.25) is 4.79 Å². The minimum Gasteiger partial charge on any atom is -0.394 e. The predicted octanol–water partition coefficient (Wildman–Crippen LogP) is 15.9. The van der Waals surface area contributed by atoms with Crippen LogP contribution in [0.25, 0.3) is 0 Å². The third kappa shape index (κ3) is 43.5. The van der Waals surface area contributed by atoms with E-state index in [0.29, 0.717) is 6.42 Å². The number of hydrogen-bond donors (Lipinski definition) is 3. The largest absolute Gasteiger partial charge is 0.394 e. The topological polar surface area (TPSA) is 69.6 Å². The molecule has 0 saturated heterocycles. The summed E-state index contributed by atoms with van der Waals surface area (Å²) in [6.07, 6.45) is 65.3. The van der Waals surface area contributed by atoms with Crippen molar-refractivity contribution in [2.45, 2.75) is 270 Å². The molecular weight excluding hydrogens is 687 g/mol. The van der Waals surface area contributed by atoms with Crippen LogP contribution in [-0.4, -0.2) is 34.9 Å². The number of unbranched alkanes of at least 4 members (excludes halogenated alkanes) is 32. The lowest BCUT2D eigenvalue weighted by Crippen LogP contribution is -2.45. The van der Waals surface area contributed by atoms with Crippen molar-refractivity contribution >= 4 is 5.91 Å². The van der Waals surface area contributed by atoms with E-state index in [4.69, 9.17) is 0 Å². The van der Waals surface area contributed by atoms with Crippen LogP contribution in [0.5, 0.6) is 0 Å².